The number of aliphatic carboxylic acids is 1. The molecule has 2 fully saturated rings. The van der Waals surface area contributed by atoms with E-state index in [0.29, 0.717) is 47.1 Å². The van der Waals surface area contributed by atoms with Crippen LogP contribution < -0.4 is 16.0 Å². The van der Waals surface area contributed by atoms with Crippen LogP contribution in [0.2, 0.25) is 0 Å². The lowest BCUT2D eigenvalue weighted by molar-refractivity contribution is -0.138. The molecule has 0 aliphatic carbocycles. The van der Waals surface area contributed by atoms with Crippen molar-refractivity contribution in [1.29, 1.82) is 0 Å². The Hall–Kier alpha value is -8.68. The van der Waals surface area contributed by atoms with Crippen molar-refractivity contribution in [2.75, 3.05) is 26.2 Å². The van der Waals surface area contributed by atoms with E-state index >= 15 is 0 Å². The molecular formula is C65H71ClF2N12O7S3. The zero-order valence-corrected chi connectivity index (χ0v) is 52.6. The van der Waals surface area contributed by atoms with Gasteiger partial charge in [0.15, 0.2) is 22.9 Å². The number of benzene rings is 4. The van der Waals surface area contributed by atoms with Gasteiger partial charge in [0.25, 0.3) is 0 Å². The molecule has 10 aromatic rings. The lowest BCUT2D eigenvalue weighted by Crippen LogP contribution is -2.47. The summed E-state index contributed by atoms with van der Waals surface area (Å²) in [7, 11) is 0. The van der Waals surface area contributed by atoms with E-state index in [1.165, 1.54) is 24.3 Å². The number of rotatable bonds is 16. The van der Waals surface area contributed by atoms with Crippen molar-refractivity contribution in [2.45, 2.75) is 98.3 Å². The number of halogens is 3. The van der Waals surface area contributed by atoms with E-state index in [4.69, 9.17) is 5.11 Å². The van der Waals surface area contributed by atoms with Gasteiger partial charge in [-0.15, -0.1) is 12.4 Å². The quantitative estimate of drug-likeness (QED) is 0.0661. The molecule has 12 rings (SSSR count). The Balaban J connectivity index is 0.000000229. The minimum absolute atomic E-state index is 0. The van der Waals surface area contributed by atoms with Crippen LogP contribution in [0.3, 0.4) is 0 Å². The Bertz CT molecular complexity index is 4170. The molecule has 4 N–H and O–H groups in total. The number of ketones is 2. The summed E-state index contributed by atoms with van der Waals surface area (Å²) in [5.41, 5.74) is 11.3. The second-order valence-corrected chi connectivity index (χ2v) is 21.4. The number of nitrogens with one attached hydrogen (secondary N) is 3. The zero-order valence-electron chi connectivity index (χ0n) is 49.1. The Morgan fingerprint density at radius 2 is 1.09 bits per heavy atom. The molecule has 90 heavy (non-hydrogen) atoms. The van der Waals surface area contributed by atoms with Gasteiger partial charge in [-0.2, -0.15) is 23.7 Å². The molecule has 4 aromatic carbocycles. The van der Waals surface area contributed by atoms with Crippen LogP contribution in [0.15, 0.2) is 146 Å². The maximum atomic E-state index is 14.5. The first-order valence-corrected chi connectivity index (χ1v) is 29.5. The molecule has 2 aliphatic heterocycles. The standard InChI is InChI=1S/C32H31FN6O3.C19H16N4O3.C13H17FN2O.CH4.ClH.S2.H2S/c1-20-12-30-35-15-24(16-39(30)36-20)23-8-9-28-26(13-23)27(21(2)40)18-37(28)19-31(41)38-17-25(33)14-29(38)32(42)34-11-10-22-6-4-3-5-7-22;1-11-5-18-20-7-14(8-23(18)21-11)13-3-4-17-15(6-13)16(12(2)24)9-22(17)10-19(25)26;14-11-8-12(16-9-11)13(17)15-7-6-10-4-2-1-3-5-10;;;1-2;/h3-9,12-13,15-16,18,25,29H,10-11,14,17,19H2,1-2H3,(H,34,42);3-9H,10H2,1-2H3,(H,25,26);1-5,11-12,16H,6-9H2,(H,15,17);1H4;1H;;1H2/t25-,29+;;11-,12+;;;;/m1.1..../s1. The number of hydrogen-bond acceptors (Lipinski definition) is 13. The molecule has 0 unspecified atom stereocenters. The van der Waals surface area contributed by atoms with Gasteiger partial charge in [-0.3, -0.25) is 28.8 Å². The predicted octanol–water partition coefficient (Wildman–Crippen LogP) is 9.32. The summed E-state index contributed by atoms with van der Waals surface area (Å²) in [5, 5.41) is 27.9. The highest BCUT2D eigenvalue weighted by Crippen LogP contribution is 2.31. The summed E-state index contributed by atoms with van der Waals surface area (Å²) in [5.74, 6) is -2.03. The molecule has 2 saturated heterocycles. The molecular weight excluding hydrogens is 1230 g/mol. The van der Waals surface area contributed by atoms with Gasteiger partial charge in [0.05, 0.1) is 24.0 Å². The first kappa shape index (κ1) is 70.4. The molecule has 19 nitrogen and oxygen atoms in total. The number of likely N-dealkylation sites (tertiary alicyclic amines) is 1. The van der Waals surface area contributed by atoms with E-state index in [9.17, 15) is 37.5 Å². The third-order valence-electron chi connectivity index (χ3n) is 15.0. The van der Waals surface area contributed by atoms with Crippen LogP contribution in [0.25, 0.3) is 55.4 Å². The molecule has 0 bridgehead atoms. The fourth-order valence-corrected chi connectivity index (χ4v) is 10.8. The van der Waals surface area contributed by atoms with Crippen molar-refractivity contribution in [1.82, 2.24) is 59.2 Å². The first-order chi connectivity index (χ1) is 41.9. The smallest absolute Gasteiger partial charge is 0.323 e. The summed E-state index contributed by atoms with van der Waals surface area (Å²) < 4.78 is 34.1. The number of Topliss-reactive ketones (excluding diaryl/α,β-unsaturated/α-hetero) is 2. The predicted molar refractivity (Wildman–Crippen MR) is 357 cm³/mol. The third-order valence-corrected chi connectivity index (χ3v) is 15.0. The molecule has 8 heterocycles. The average Bonchev–Trinajstić information content (AvgIpc) is 1.68. The molecule has 0 saturated carbocycles. The largest absolute Gasteiger partial charge is 0.480 e. The monoisotopic (exact) mass is 1300 g/mol. The second-order valence-electron chi connectivity index (χ2n) is 21.4. The Kier molecular flexibility index (Phi) is 25.2. The van der Waals surface area contributed by atoms with Crippen LogP contribution in [-0.2, 0) is 67.5 Å². The summed E-state index contributed by atoms with van der Waals surface area (Å²) >= 11 is 7.33. The van der Waals surface area contributed by atoms with E-state index in [1.54, 1.807) is 43.0 Å². The number of carboxylic acid groups (broad SMARTS) is 1. The number of aryl methyl sites for hydroxylation is 2. The molecule has 472 valence electrons. The van der Waals surface area contributed by atoms with E-state index in [-0.39, 0.29) is 108 Å². The number of alkyl halides is 2. The lowest BCUT2D eigenvalue weighted by atomic mass is 10.0. The molecule has 0 spiro atoms. The first-order valence-electron chi connectivity index (χ1n) is 28.2. The maximum Gasteiger partial charge on any atom is 0.323 e. The molecule has 25 heteroatoms. The van der Waals surface area contributed by atoms with Crippen molar-refractivity contribution >= 4 is 117 Å². The number of carboxylic acids is 1. The van der Waals surface area contributed by atoms with Gasteiger partial charge in [-0.25, -0.2) is 27.8 Å². The summed E-state index contributed by atoms with van der Waals surface area (Å²) in [6, 6.07) is 33.6. The number of hydrogen-bond donors (Lipinski definition) is 4. The maximum absolute atomic E-state index is 14.5. The van der Waals surface area contributed by atoms with Crippen molar-refractivity contribution in [3.05, 3.63) is 180 Å². The van der Waals surface area contributed by atoms with Gasteiger partial charge in [0, 0.05) is 148 Å². The minimum Gasteiger partial charge on any atom is -0.480 e. The fourth-order valence-electron chi connectivity index (χ4n) is 10.8. The van der Waals surface area contributed by atoms with Crippen molar-refractivity contribution in [3.8, 4) is 22.3 Å². The van der Waals surface area contributed by atoms with Gasteiger partial charge in [0.1, 0.15) is 31.5 Å². The lowest BCUT2D eigenvalue weighted by Gasteiger charge is -2.24. The van der Waals surface area contributed by atoms with E-state index in [2.05, 4.69) is 58.5 Å². The van der Waals surface area contributed by atoms with Crippen LogP contribution in [0.1, 0.15) is 77.3 Å². The highest BCUT2D eigenvalue weighted by molar-refractivity contribution is 8.07. The summed E-state index contributed by atoms with van der Waals surface area (Å²) in [6.45, 7) is 7.60. The van der Waals surface area contributed by atoms with E-state index in [1.807, 2.05) is 135 Å². The second kappa shape index (κ2) is 32.2. The number of carbonyl (C=O) groups excluding carboxylic acids is 5. The van der Waals surface area contributed by atoms with Gasteiger partial charge in [-0.05, 0) is 87.1 Å². The topological polar surface area (TPSA) is 232 Å². The van der Waals surface area contributed by atoms with Crippen LogP contribution in [-0.4, -0.2) is 134 Å². The SMILES string of the molecule is C.CC(=O)c1cn(CC(=O)N2C[C@H](F)C[C@H]2C(=O)NCCc2ccccc2)c2ccc(-c3cnc4cc(C)nn4c3)cc12.CC(=O)c1cn(CC(=O)O)c2ccc(-c3cnc4cc(C)nn4c3)cc12.Cl.O=C(NCCc1ccccc1)[C@@H]1C[C@@H](F)CN1.S.S=S. The van der Waals surface area contributed by atoms with E-state index in [0.717, 1.165) is 62.3 Å². The van der Waals surface area contributed by atoms with Crippen LogP contribution in [0.4, 0.5) is 8.78 Å². The number of nitrogens with zero attached hydrogens (tertiary/aromatic N) is 9. The van der Waals surface area contributed by atoms with Gasteiger partial charge in [0.2, 0.25) is 17.7 Å². The van der Waals surface area contributed by atoms with Crippen LogP contribution >= 0.6 is 25.9 Å². The van der Waals surface area contributed by atoms with E-state index < -0.39 is 24.4 Å². The van der Waals surface area contributed by atoms with Crippen molar-refractivity contribution in [2.24, 2.45) is 0 Å². The summed E-state index contributed by atoms with van der Waals surface area (Å²) in [6.07, 6.45) is 10.1. The fraction of sp³-hybridized carbons (Fsp3) is 0.292. The zero-order chi connectivity index (χ0) is 61.9. The molecule has 4 atom stereocenters. The molecule has 0 radical (unpaired) electrons. The van der Waals surface area contributed by atoms with Gasteiger partial charge < -0.3 is 35.1 Å². The molecule has 2 aliphatic rings. The third kappa shape index (κ3) is 17.2. The Morgan fingerprint density at radius 1 is 0.622 bits per heavy atom. The number of fused-ring (bicyclic) bond motifs is 4. The summed E-state index contributed by atoms with van der Waals surface area (Å²) in [4.78, 5) is 84.0. The number of amides is 3. The van der Waals surface area contributed by atoms with Crippen LogP contribution in [0, 0.1) is 13.8 Å². The molecule has 3 amide bonds. The van der Waals surface area contributed by atoms with Crippen molar-refractivity contribution in [3.63, 3.8) is 0 Å². The average molecular weight is 1300 g/mol. The highest BCUT2D eigenvalue weighted by Gasteiger charge is 2.40. The highest BCUT2D eigenvalue weighted by atomic mass is 35.5. The number of aromatic nitrogens is 8. The van der Waals surface area contributed by atoms with Crippen LogP contribution in [0.5, 0.6) is 0 Å². The molecule has 6 aromatic heterocycles. The van der Waals surface area contributed by atoms with Crippen molar-refractivity contribution < 1.29 is 42.7 Å². The Labute approximate surface area is 542 Å². The van der Waals surface area contributed by atoms with Gasteiger partial charge in [-0.1, -0.05) is 80.2 Å². The normalized spacial score (nSPS) is 15.6. The minimum atomic E-state index is -1.28. The Morgan fingerprint density at radius 3 is 1.53 bits per heavy atom. The van der Waals surface area contributed by atoms with Gasteiger partial charge >= 0.3 is 5.97 Å². The number of carbonyl (C=O) groups is 6.